The van der Waals surface area contributed by atoms with Gasteiger partial charge in [0.2, 0.25) is 0 Å². The third kappa shape index (κ3) is 7.40. The number of likely N-dealkylation sites (N-methyl/N-ethyl adjacent to an activating group) is 1. The zero-order valence-electron chi connectivity index (χ0n) is 19.4. The number of hydrogen-bond donors (Lipinski definition) is 2. The maximum atomic E-state index is 5.67. The Hall–Kier alpha value is -2.27. The van der Waals surface area contributed by atoms with Crippen LogP contribution in [0.5, 0.6) is 11.5 Å². The number of aliphatic imine (C=N–C) groups is 1. The maximum Gasteiger partial charge on any atom is 0.196 e. The number of ether oxygens (including phenoxy) is 2. The second-order valence-electron chi connectivity index (χ2n) is 7.43. The monoisotopic (exact) mass is 554 g/mol. The molecule has 8 nitrogen and oxygen atoms in total. The minimum absolute atomic E-state index is 0. The first-order chi connectivity index (χ1) is 15.1. The number of pyridine rings is 1. The lowest BCUT2D eigenvalue weighted by Crippen LogP contribution is -2.44. The van der Waals surface area contributed by atoms with E-state index < -0.39 is 0 Å². The van der Waals surface area contributed by atoms with E-state index in [2.05, 4.69) is 44.6 Å². The Morgan fingerprint density at radius 1 is 1.09 bits per heavy atom. The summed E-state index contributed by atoms with van der Waals surface area (Å²) >= 11 is 0. The van der Waals surface area contributed by atoms with Crippen LogP contribution in [0.15, 0.2) is 41.5 Å². The second-order valence-corrected chi connectivity index (χ2v) is 7.43. The lowest BCUT2D eigenvalue weighted by molar-refractivity contribution is 0.311. The molecular weight excluding hydrogens is 519 g/mol. The van der Waals surface area contributed by atoms with E-state index in [1.165, 1.54) is 0 Å². The molecule has 0 aliphatic carbocycles. The summed E-state index contributed by atoms with van der Waals surface area (Å²) in [7, 11) is 3.80. The van der Waals surface area contributed by atoms with Gasteiger partial charge in [0, 0.05) is 50.7 Å². The zero-order valence-corrected chi connectivity index (χ0v) is 21.8. The fourth-order valence-corrected chi connectivity index (χ4v) is 3.37. The van der Waals surface area contributed by atoms with Gasteiger partial charge in [-0.25, -0.2) is 9.98 Å². The highest BCUT2D eigenvalue weighted by atomic mass is 127. The van der Waals surface area contributed by atoms with Crippen LogP contribution in [0.1, 0.15) is 19.4 Å². The van der Waals surface area contributed by atoms with Gasteiger partial charge in [0.25, 0.3) is 0 Å². The molecular formula is C23H35IN6O2. The molecule has 1 aliphatic rings. The van der Waals surface area contributed by atoms with Crippen molar-refractivity contribution in [1.82, 2.24) is 15.2 Å². The minimum atomic E-state index is 0. The summed E-state index contributed by atoms with van der Waals surface area (Å²) in [5.41, 5.74) is 1.95. The number of rotatable bonds is 8. The maximum absolute atomic E-state index is 5.67. The molecule has 2 heterocycles. The van der Waals surface area contributed by atoms with E-state index in [-0.39, 0.29) is 24.0 Å². The molecule has 0 unspecified atom stereocenters. The molecule has 3 rings (SSSR count). The van der Waals surface area contributed by atoms with Crippen molar-refractivity contribution < 1.29 is 9.47 Å². The number of piperazine rings is 1. The van der Waals surface area contributed by atoms with Crippen molar-refractivity contribution in [3.8, 4) is 11.5 Å². The summed E-state index contributed by atoms with van der Waals surface area (Å²) in [6.07, 6.45) is 1.92. The Labute approximate surface area is 208 Å². The molecule has 176 valence electrons. The van der Waals surface area contributed by atoms with E-state index in [4.69, 9.17) is 14.5 Å². The number of methoxy groups -OCH3 is 1. The zero-order chi connectivity index (χ0) is 22.1. The summed E-state index contributed by atoms with van der Waals surface area (Å²) < 4.78 is 11.0. The standard InChI is InChI=1S/C23H34N6O2.HI/c1-5-24-23(27-19-8-9-20(30-4)21(15-19)31-6-2)26-17-18-7-10-22(25-16-18)29-13-11-28(3)12-14-29;/h7-10,15-16H,5-6,11-14,17H2,1-4H3,(H2,24,26,27);1H. The van der Waals surface area contributed by atoms with Crippen molar-refractivity contribution in [2.75, 3.05) is 63.7 Å². The number of aromatic nitrogens is 1. The van der Waals surface area contributed by atoms with E-state index in [0.717, 1.165) is 49.8 Å². The fourth-order valence-electron chi connectivity index (χ4n) is 3.37. The Bertz CT molecular complexity index is 854. The van der Waals surface area contributed by atoms with Crippen LogP contribution in [0.4, 0.5) is 11.5 Å². The van der Waals surface area contributed by atoms with Crippen molar-refractivity contribution in [2.24, 2.45) is 4.99 Å². The van der Waals surface area contributed by atoms with Gasteiger partial charge in [0.05, 0.1) is 20.3 Å². The van der Waals surface area contributed by atoms with Crippen molar-refractivity contribution >= 4 is 41.4 Å². The molecule has 0 saturated carbocycles. The van der Waals surface area contributed by atoms with Crippen LogP contribution >= 0.6 is 24.0 Å². The van der Waals surface area contributed by atoms with E-state index in [9.17, 15) is 0 Å². The molecule has 0 spiro atoms. The predicted octanol–water partition coefficient (Wildman–Crippen LogP) is 3.44. The minimum Gasteiger partial charge on any atom is -0.493 e. The first-order valence-electron chi connectivity index (χ1n) is 10.9. The van der Waals surface area contributed by atoms with Gasteiger partial charge in [-0.05, 0) is 44.7 Å². The van der Waals surface area contributed by atoms with Gasteiger partial charge >= 0.3 is 0 Å². The largest absolute Gasteiger partial charge is 0.493 e. The average molecular weight is 554 g/mol. The third-order valence-corrected chi connectivity index (χ3v) is 5.13. The number of hydrogen-bond acceptors (Lipinski definition) is 6. The van der Waals surface area contributed by atoms with Crippen LogP contribution in [0.2, 0.25) is 0 Å². The molecule has 1 saturated heterocycles. The summed E-state index contributed by atoms with van der Waals surface area (Å²) in [6.45, 7) is 10.1. The molecule has 1 aromatic heterocycles. The van der Waals surface area contributed by atoms with Gasteiger partial charge in [0.15, 0.2) is 17.5 Å². The quantitative estimate of drug-likeness (QED) is 0.294. The van der Waals surface area contributed by atoms with Gasteiger partial charge < -0.3 is 29.9 Å². The topological polar surface area (TPSA) is 74.3 Å². The van der Waals surface area contributed by atoms with E-state index >= 15 is 0 Å². The van der Waals surface area contributed by atoms with E-state index in [1.54, 1.807) is 7.11 Å². The van der Waals surface area contributed by atoms with Gasteiger partial charge in [-0.15, -0.1) is 24.0 Å². The normalized spacial score (nSPS) is 14.5. The highest BCUT2D eigenvalue weighted by Crippen LogP contribution is 2.30. The number of benzene rings is 1. The molecule has 1 aliphatic heterocycles. The third-order valence-electron chi connectivity index (χ3n) is 5.13. The fraction of sp³-hybridized carbons (Fsp3) is 0.478. The van der Waals surface area contributed by atoms with Crippen LogP contribution in [-0.2, 0) is 6.54 Å². The van der Waals surface area contributed by atoms with E-state index in [0.29, 0.717) is 30.6 Å². The summed E-state index contributed by atoms with van der Waals surface area (Å²) in [6, 6.07) is 9.95. The first-order valence-corrected chi connectivity index (χ1v) is 10.9. The number of nitrogens with zero attached hydrogens (tertiary/aromatic N) is 4. The van der Waals surface area contributed by atoms with Crippen LogP contribution in [0.25, 0.3) is 0 Å². The van der Waals surface area contributed by atoms with Crippen LogP contribution in [-0.4, -0.2) is 69.3 Å². The Morgan fingerprint density at radius 3 is 2.50 bits per heavy atom. The number of anilines is 2. The molecule has 9 heteroatoms. The predicted molar refractivity (Wildman–Crippen MR) is 142 cm³/mol. The Morgan fingerprint density at radius 2 is 1.88 bits per heavy atom. The molecule has 0 amide bonds. The van der Waals surface area contributed by atoms with Crippen LogP contribution in [0, 0.1) is 0 Å². The molecule has 1 fully saturated rings. The van der Waals surface area contributed by atoms with Gasteiger partial charge in [-0.2, -0.15) is 0 Å². The Balaban J connectivity index is 0.00000363. The average Bonchev–Trinajstić information content (AvgIpc) is 2.79. The smallest absolute Gasteiger partial charge is 0.196 e. The highest BCUT2D eigenvalue weighted by Gasteiger charge is 2.15. The summed E-state index contributed by atoms with van der Waals surface area (Å²) in [5.74, 6) is 3.15. The van der Waals surface area contributed by atoms with Crippen LogP contribution < -0.4 is 25.0 Å². The lowest BCUT2D eigenvalue weighted by atomic mass is 10.2. The van der Waals surface area contributed by atoms with Crippen LogP contribution in [0.3, 0.4) is 0 Å². The van der Waals surface area contributed by atoms with E-state index in [1.807, 2.05) is 38.2 Å². The van der Waals surface area contributed by atoms with Crippen molar-refractivity contribution in [1.29, 1.82) is 0 Å². The number of nitrogens with one attached hydrogen (secondary N) is 2. The molecule has 32 heavy (non-hydrogen) atoms. The van der Waals surface area contributed by atoms with Gasteiger partial charge in [0.1, 0.15) is 5.82 Å². The SMILES string of the molecule is CCNC(=NCc1ccc(N2CCN(C)CC2)nc1)Nc1ccc(OC)c(OCC)c1.I. The molecule has 0 radical (unpaired) electrons. The molecule has 0 bridgehead atoms. The van der Waals surface area contributed by atoms with Gasteiger partial charge in [-0.1, -0.05) is 6.07 Å². The lowest BCUT2D eigenvalue weighted by Gasteiger charge is -2.33. The molecule has 2 N–H and O–H groups in total. The highest BCUT2D eigenvalue weighted by molar-refractivity contribution is 14.0. The molecule has 2 aromatic rings. The van der Waals surface area contributed by atoms with Crippen molar-refractivity contribution in [3.05, 3.63) is 42.1 Å². The number of guanidine groups is 1. The van der Waals surface area contributed by atoms with Crippen molar-refractivity contribution in [3.63, 3.8) is 0 Å². The van der Waals surface area contributed by atoms with Crippen molar-refractivity contribution in [2.45, 2.75) is 20.4 Å². The number of halogens is 1. The summed E-state index contributed by atoms with van der Waals surface area (Å²) in [5, 5.41) is 6.62. The second kappa shape index (κ2) is 13.3. The molecule has 0 atom stereocenters. The Kier molecular flexibility index (Phi) is 10.8. The summed E-state index contributed by atoms with van der Waals surface area (Å²) in [4.78, 5) is 14.0. The van der Waals surface area contributed by atoms with Gasteiger partial charge in [-0.3, -0.25) is 0 Å². The molecule has 1 aromatic carbocycles. The first kappa shape index (κ1) is 26.0.